The minimum absolute atomic E-state index is 0.164. The predicted octanol–water partition coefficient (Wildman–Crippen LogP) is 1.57. The molecule has 0 saturated carbocycles. The van der Waals surface area contributed by atoms with E-state index in [1.807, 2.05) is 12.3 Å². The van der Waals surface area contributed by atoms with Crippen molar-refractivity contribution in [1.82, 2.24) is 0 Å². The van der Waals surface area contributed by atoms with E-state index in [2.05, 4.69) is 5.73 Å². The lowest BCUT2D eigenvalue weighted by Crippen LogP contribution is -2.01. The highest BCUT2D eigenvalue weighted by Gasteiger charge is 2.05. The number of thioether (sulfide) groups is 1. The van der Waals surface area contributed by atoms with Crippen molar-refractivity contribution in [3.63, 3.8) is 0 Å². The van der Waals surface area contributed by atoms with E-state index in [-0.39, 0.29) is 5.78 Å². The molecule has 0 radical (unpaired) electrons. The van der Waals surface area contributed by atoms with Gasteiger partial charge in [-0.25, -0.2) is 0 Å². The van der Waals surface area contributed by atoms with Crippen molar-refractivity contribution < 1.29 is 4.79 Å². The first-order chi connectivity index (χ1) is 4.84. The molecule has 0 N–H and O–H groups in total. The van der Waals surface area contributed by atoms with Crippen LogP contribution in [-0.4, -0.2) is 17.8 Å². The van der Waals surface area contributed by atoms with E-state index in [9.17, 15) is 4.79 Å². The molecular formula is C8H8OS. The van der Waals surface area contributed by atoms with E-state index < -0.39 is 0 Å². The van der Waals surface area contributed by atoms with Gasteiger partial charge in [-0.2, -0.15) is 11.8 Å². The second kappa shape index (κ2) is 3.45. The number of hydrogen-bond donors (Lipinski definition) is 0. The van der Waals surface area contributed by atoms with E-state index in [0.29, 0.717) is 11.3 Å². The van der Waals surface area contributed by atoms with Gasteiger partial charge in [-0.1, -0.05) is 6.08 Å². The number of Topliss-reactive ketones (excluding diaryl/α,β-unsaturated/α-hetero) is 1. The van der Waals surface area contributed by atoms with E-state index in [0.717, 1.165) is 0 Å². The van der Waals surface area contributed by atoms with Crippen LogP contribution in [0.25, 0.3) is 0 Å². The molecule has 0 aliphatic heterocycles. The minimum Gasteiger partial charge on any atom is -0.293 e. The van der Waals surface area contributed by atoms with Crippen LogP contribution >= 0.6 is 11.8 Å². The molecule has 0 aromatic carbocycles. The van der Waals surface area contributed by atoms with Gasteiger partial charge in [0.2, 0.25) is 0 Å². The molecule has 0 bridgehead atoms. The summed E-state index contributed by atoms with van der Waals surface area (Å²) in [7, 11) is 0. The molecule has 52 valence electrons. The average Bonchev–Trinajstić information content (AvgIpc) is 2.38. The highest BCUT2D eigenvalue weighted by atomic mass is 32.2. The highest BCUT2D eigenvalue weighted by molar-refractivity contribution is 7.99. The van der Waals surface area contributed by atoms with E-state index >= 15 is 0 Å². The second-order valence-electron chi connectivity index (χ2n) is 1.94. The van der Waals surface area contributed by atoms with Crippen LogP contribution in [0.3, 0.4) is 0 Å². The number of ketones is 1. The Balaban J connectivity index is 2.58. The molecule has 1 aliphatic carbocycles. The van der Waals surface area contributed by atoms with Gasteiger partial charge in [0, 0.05) is 0 Å². The van der Waals surface area contributed by atoms with Crippen LogP contribution in [0.1, 0.15) is 0 Å². The Morgan fingerprint density at radius 2 is 2.60 bits per heavy atom. The quantitative estimate of drug-likeness (QED) is 0.571. The molecule has 0 atom stereocenters. The second-order valence-corrected chi connectivity index (χ2v) is 2.81. The van der Waals surface area contributed by atoms with Crippen LogP contribution in [0, 0.1) is 0 Å². The summed E-state index contributed by atoms with van der Waals surface area (Å²) < 4.78 is 0. The molecular weight excluding hydrogens is 144 g/mol. The summed E-state index contributed by atoms with van der Waals surface area (Å²) in [5, 5.41) is 0. The Morgan fingerprint density at radius 3 is 3.10 bits per heavy atom. The maximum Gasteiger partial charge on any atom is 0.180 e. The highest BCUT2D eigenvalue weighted by Crippen LogP contribution is 2.06. The van der Waals surface area contributed by atoms with Gasteiger partial charge in [0.1, 0.15) is 0 Å². The molecule has 0 spiro atoms. The van der Waals surface area contributed by atoms with Crippen LogP contribution in [0.5, 0.6) is 0 Å². The zero-order chi connectivity index (χ0) is 7.40. The third-order valence-electron chi connectivity index (χ3n) is 1.17. The molecule has 0 aromatic heterocycles. The van der Waals surface area contributed by atoms with Gasteiger partial charge in [0.05, 0.1) is 11.3 Å². The van der Waals surface area contributed by atoms with Gasteiger partial charge in [-0.3, -0.25) is 4.79 Å². The Morgan fingerprint density at radius 1 is 1.80 bits per heavy atom. The first-order valence-electron chi connectivity index (χ1n) is 3.00. The third kappa shape index (κ3) is 1.63. The lowest BCUT2D eigenvalue weighted by molar-refractivity contribution is -0.112. The van der Waals surface area contributed by atoms with Crippen molar-refractivity contribution in [3.05, 3.63) is 29.5 Å². The summed E-state index contributed by atoms with van der Waals surface area (Å²) in [6, 6.07) is 0. The minimum atomic E-state index is 0.164. The molecule has 1 aliphatic rings. The number of rotatable bonds is 3. The summed E-state index contributed by atoms with van der Waals surface area (Å²) in [4.78, 5) is 11.1. The monoisotopic (exact) mass is 152 g/mol. The van der Waals surface area contributed by atoms with Gasteiger partial charge in [-0.15, -0.1) is 5.73 Å². The number of allylic oxidation sites excluding steroid dienone is 3. The summed E-state index contributed by atoms with van der Waals surface area (Å²) in [5.74, 6) is 0.720. The Labute approximate surface area is 64.5 Å². The fraction of sp³-hybridized carbons (Fsp3) is 0.250. The van der Waals surface area contributed by atoms with Crippen LogP contribution in [0.4, 0.5) is 0 Å². The lowest BCUT2D eigenvalue weighted by Gasteiger charge is -1.92. The first-order valence-corrected chi connectivity index (χ1v) is 4.39. The first kappa shape index (κ1) is 7.39. The topological polar surface area (TPSA) is 17.1 Å². The lowest BCUT2D eigenvalue weighted by atomic mass is 10.2. The summed E-state index contributed by atoms with van der Waals surface area (Å²) in [6.07, 6.45) is 7.29. The maximum absolute atomic E-state index is 11.1. The van der Waals surface area contributed by atoms with Crippen LogP contribution < -0.4 is 0 Å². The van der Waals surface area contributed by atoms with Crippen molar-refractivity contribution in [1.29, 1.82) is 0 Å². The third-order valence-corrected chi connectivity index (χ3v) is 1.72. The van der Waals surface area contributed by atoms with Crippen LogP contribution in [0.2, 0.25) is 0 Å². The largest absolute Gasteiger partial charge is 0.293 e. The average molecular weight is 152 g/mol. The van der Waals surface area contributed by atoms with Crippen molar-refractivity contribution in [2.75, 3.05) is 12.0 Å². The number of carbonyl (C=O) groups is 1. The van der Waals surface area contributed by atoms with Gasteiger partial charge in [0.15, 0.2) is 5.78 Å². The van der Waals surface area contributed by atoms with E-state index in [4.69, 9.17) is 0 Å². The van der Waals surface area contributed by atoms with Gasteiger partial charge in [0.25, 0.3) is 0 Å². The normalized spacial score (nSPS) is 13.9. The van der Waals surface area contributed by atoms with Gasteiger partial charge < -0.3 is 0 Å². The van der Waals surface area contributed by atoms with Gasteiger partial charge >= 0.3 is 0 Å². The Kier molecular flexibility index (Phi) is 2.55. The fourth-order valence-corrected chi connectivity index (χ4v) is 1.13. The van der Waals surface area contributed by atoms with Crippen molar-refractivity contribution in [2.45, 2.75) is 0 Å². The van der Waals surface area contributed by atoms with Crippen molar-refractivity contribution in [2.24, 2.45) is 0 Å². The summed E-state index contributed by atoms with van der Waals surface area (Å²) >= 11 is 1.54. The molecule has 0 aromatic rings. The van der Waals surface area contributed by atoms with Crippen molar-refractivity contribution >= 4 is 17.5 Å². The standard InChI is InChI=1S/C8H8OS/c1-10-6-8(9)7-4-2-3-5-7/h2-4H,6H2,1H3. The molecule has 1 rings (SSSR count). The summed E-state index contributed by atoms with van der Waals surface area (Å²) in [5.41, 5.74) is 3.56. The smallest absolute Gasteiger partial charge is 0.180 e. The Bertz CT molecular complexity index is 232. The molecule has 0 saturated heterocycles. The van der Waals surface area contributed by atoms with Crippen LogP contribution in [0.15, 0.2) is 29.5 Å². The number of carbonyl (C=O) groups excluding carboxylic acids is 1. The molecule has 0 fully saturated rings. The Hall–Kier alpha value is -0.720. The van der Waals surface area contributed by atoms with Crippen molar-refractivity contribution in [3.8, 4) is 0 Å². The molecule has 0 amide bonds. The SMILES string of the molecule is CSCC(=O)C1=C=CC=C1. The maximum atomic E-state index is 11.1. The zero-order valence-electron chi connectivity index (χ0n) is 5.76. The van der Waals surface area contributed by atoms with E-state index in [1.54, 1.807) is 12.2 Å². The molecule has 0 unspecified atom stereocenters. The molecule has 2 heteroatoms. The fourth-order valence-electron chi connectivity index (χ4n) is 0.713. The number of hydrogen-bond acceptors (Lipinski definition) is 2. The zero-order valence-corrected chi connectivity index (χ0v) is 6.57. The van der Waals surface area contributed by atoms with Gasteiger partial charge in [-0.05, 0) is 18.4 Å². The summed E-state index contributed by atoms with van der Waals surface area (Å²) in [6.45, 7) is 0. The molecule has 0 heterocycles. The van der Waals surface area contributed by atoms with E-state index in [1.165, 1.54) is 11.8 Å². The molecule has 1 nitrogen and oxygen atoms in total. The molecule has 10 heavy (non-hydrogen) atoms. The van der Waals surface area contributed by atoms with Crippen LogP contribution in [-0.2, 0) is 4.79 Å². The predicted molar refractivity (Wildman–Crippen MR) is 44.1 cm³/mol.